The van der Waals surface area contributed by atoms with Crippen LogP contribution in [0.3, 0.4) is 0 Å². The van der Waals surface area contributed by atoms with Gasteiger partial charge < -0.3 is 15.4 Å². The molecule has 0 aliphatic carbocycles. The zero-order chi connectivity index (χ0) is 18.5. The lowest BCUT2D eigenvalue weighted by atomic mass is 9.95. The average molecular weight is 436 g/mol. The summed E-state index contributed by atoms with van der Waals surface area (Å²) in [6.45, 7) is 2.45. The highest BCUT2D eigenvalue weighted by atomic mass is 35.5. The average Bonchev–Trinajstić information content (AvgIpc) is 2.88. The van der Waals surface area contributed by atoms with Crippen LogP contribution in [0, 0.1) is 5.92 Å². The third kappa shape index (κ3) is 6.05. The predicted octanol–water partition coefficient (Wildman–Crippen LogP) is 2.07. The second kappa shape index (κ2) is 10.2. The van der Waals surface area contributed by atoms with E-state index in [1.807, 2.05) is 6.07 Å². The molecule has 3 rings (SSSR count). The van der Waals surface area contributed by atoms with Gasteiger partial charge in [0.25, 0.3) is 0 Å². The summed E-state index contributed by atoms with van der Waals surface area (Å²) in [5, 5.41) is 11.0. The van der Waals surface area contributed by atoms with Crippen molar-refractivity contribution < 1.29 is 14.3 Å². The van der Waals surface area contributed by atoms with Crippen LogP contribution >= 0.6 is 35.6 Å². The molecule has 27 heavy (non-hydrogen) atoms. The Labute approximate surface area is 173 Å². The van der Waals surface area contributed by atoms with Crippen molar-refractivity contribution in [2.45, 2.75) is 18.9 Å². The van der Waals surface area contributed by atoms with Gasteiger partial charge >= 0.3 is 0 Å². The molecule has 0 aromatic heterocycles. The van der Waals surface area contributed by atoms with Gasteiger partial charge in [0.05, 0.1) is 41.3 Å². The Hall–Kier alpha value is -1.38. The molecule has 3 N–H and O–H groups in total. The van der Waals surface area contributed by atoms with Gasteiger partial charge in [0, 0.05) is 25.6 Å². The van der Waals surface area contributed by atoms with Crippen LogP contribution in [-0.4, -0.2) is 43.8 Å². The molecule has 0 radical (unpaired) electrons. The number of ether oxygens (including phenoxy) is 1. The summed E-state index contributed by atoms with van der Waals surface area (Å²) < 4.78 is 5.98. The molecule has 0 unspecified atom stereocenters. The first-order valence-electron chi connectivity index (χ1n) is 8.41. The normalized spacial score (nSPS) is 22.3. The van der Waals surface area contributed by atoms with Gasteiger partial charge in [0.2, 0.25) is 11.8 Å². The summed E-state index contributed by atoms with van der Waals surface area (Å²) in [5.41, 5.74) is 3.82. The summed E-state index contributed by atoms with van der Waals surface area (Å²) in [6, 6.07) is 5.45. The van der Waals surface area contributed by atoms with Crippen molar-refractivity contribution >= 4 is 53.1 Å². The van der Waals surface area contributed by atoms with Crippen molar-refractivity contribution in [3.05, 3.63) is 33.8 Å². The molecule has 2 heterocycles. The lowest BCUT2D eigenvalue weighted by molar-refractivity contribution is -0.120. The van der Waals surface area contributed by atoms with Gasteiger partial charge in [-0.25, -0.2) is 5.43 Å². The van der Waals surface area contributed by atoms with Crippen LogP contribution < -0.4 is 16.1 Å². The molecular weight excluding hydrogens is 415 g/mol. The third-order valence-electron chi connectivity index (χ3n) is 4.31. The van der Waals surface area contributed by atoms with E-state index in [9.17, 15) is 9.59 Å². The van der Waals surface area contributed by atoms with E-state index in [4.69, 9.17) is 27.9 Å². The number of benzene rings is 1. The first-order valence-corrected chi connectivity index (χ1v) is 9.17. The zero-order valence-corrected chi connectivity index (χ0v) is 16.8. The number of nitrogens with one attached hydrogen (secondary N) is 3. The van der Waals surface area contributed by atoms with Crippen molar-refractivity contribution in [2.24, 2.45) is 11.0 Å². The molecule has 2 atom stereocenters. The molecule has 2 amide bonds. The molecule has 1 aromatic rings. The number of halogens is 3. The van der Waals surface area contributed by atoms with Gasteiger partial charge in [0.15, 0.2) is 0 Å². The van der Waals surface area contributed by atoms with Crippen molar-refractivity contribution in [3.8, 4) is 0 Å². The van der Waals surface area contributed by atoms with E-state index in [0.29, 0.717) is 35.5 Å². The Morgan fingerprint density at radius 2 is 2.15 bits per heavy atom. The van der Waals surface area contributed by atoms with Crippen LogP contribution in [0.25, 0.3) is 0 Å². The molecule has 0 bridgehead atoms. The summed E-state index contributed by atoms with van der Waals surface area (Å²) >= 11 is 12.1. The highest BCUT2D eigenvalue weighted by Gasteiger charge is 2.27. The largest absolute Gasteiger partial charge is 0.372 e. The van der Waals surface area contributed by atoms with Crippen molar-refractivity contribution in [2.75, 3.05) is 26.2 Å². The molecular formula is C17H21Cl3N4O3. The van der Waals surface area contributed by atoms with Crippen LogP contribution in [0.15, 0.2) is 23.3 Å². The molecule has 0 saturated carbocycles. The minimum atomic E-state index is -0.202. The second-order valence-corrected chi connectivity index (χ2v) is 7.11. The molecule has 1 fully saturated rings. The lowest BCUT2D eigenvalue weighted by Crippen LogP contribution is -2.37. The van der Waals surface area contributed by atoms with E-state index in [-0.39, 0.29) is 49.1 Å². The van der Waals surface area contributed by atoms with Crippen LogP contribution in [0.2, 0.25) is 10.0 Å². The van der Waals surface area contributed by atoms with E-state index in [1.54, 1.807) is 12.1 Å². The minimum Gasteiger partial charge on any atom is -0.372 e. The Kier molecular flexibility index (Phi) is 8.31. The van der Waals surface area contributed by atoms with Gasteiger partial charge in [-0.3, -0.25) is 9.59 Å². The van der Waals surface area contributed by atoms with Crippen molar-refractivity contribution in [1.82, 2.24) is 16.1 Å². The van der Waals surface area contributed by atoms with Crippen molar-refractivity contribution in [1.29, 1.82) is 0 Å². The third-order valence-corrected chi connectivity index (χ3v) is 5.05. The Bertz CT molecular complexity index is 729. The minimum absolute atomic E-state index is 0. The molecule has 0 spiro atoms. The summed E-state index contributed by atoms with van der Waals surface area (Å²) in [6.07, 6.45) is 0.0806. The number of carbonyl (C=O) groups excluding carboxylic acids is 2. The van der Waals surface area contributed by atoms with Crippen LogP contribution in [0.5, 0.6) is 0 Å². The molecule has 1 saturated heterocycles. The second-order valence-electron chi connectivity index (χ2n) is 6.30. The molecule has 1 aromatic carbocycles. The topological polar surface area (TPSA) is 91.8 Å². The molecule has 148 valence electrons. The number of nitrogens with zero attached hydrogens (tertiary/aromatic N) is 1. The molecule has 2 aliphatic heterocycles. The van der Waals surface area contributed by atoms with Gasteiger partial charge in [-0.2, -0.15) is 5.10 Å². The summed E-state index contributed by atoms with van der Waals surface area (Å²) in [7, 11) is 0. The van der Waals surface area contributed by atoms with E-state index in [1.165, 1.54) is 0 Å². The van der Waals surface area contributed by atoms with Crippen LogP contribution in [0.4, 0.5) is 0 Å². The highest BCUT2D eigenvalue weighted by Crippen LogP contribution is 2.31. The molecule has 10 heteroatoms. The Morgan fingerprint density at radius 3 is 2.85 bits per heavy atom. The fraction of sp³-hybridized carbons (Fsp3) is 0.471. The smallest absolute Gasteiger partial charge is 0.245 e. The van der Waals surface area contributed by atoms with E-state index in [0.717, 1.165) is 12.1 Å². The number of hydrazone groups is 1. The SMILES string of the molecule is Cl.O=C(CC1=NNC(=O)C1)NC[C@@H]1CNCCO[C@H]1c1ccc(Cl)c(Cl)c1. The Morgan fingerprint density at radius 1 is 1.33 bits per heavy atom. The monoisotopic (exact) mass is 434 g/mol. The maximum atomic E-state index is 12.1. The quantitative estimate of drug-likeness (QED) is 0.660. The zero-order valence-electron chi connectivity index (χ0n) is 14.5. The predicted molar refractivity (Wildman–Crippen MR) is 107 cm³/mol. The number of carbonyl (C=O) groups is 2. The fourth-order valence-corrected chi connectivity index (χ4v) is 3.33. The number of hydrogen-bond donors (Lipinski definition) is 3. The number of rotatable bonds is 5. The summed E-state index contributed by atoms with van der Waals surface area (Å²) in [5.74, 6) is -0.324. The first kappa shape index (κ1) is 21.9. The number of hydrogen-bond acceptors (Lipinski definition) is 5. The van der Waals surface area contributed by atoms with Gasteiger partial charge in [-0.05, 0) is 17.7 Å². The molecule has 2 aliphatic rings. The molecule has 7 nitrogen and oxygen atoms in total. The van der Waals surface area contributed by atoms with E-state index < -0.39 is 0 Å². The van der Waals surface area contributed by atoms with E-state index in [2.05, 4.69) is 21.2 Å². The highest BCUT2D eigenvalue weighted by molar-refractivity contribution is 6.42. The lowest BCUT2D eigenvalue weighted by Gasteiger charge is -2.25. The van der Waals surface area contributed by atoms with Gasteiger partial charge in [-0.1, -0.05) is 29.3 Å². The standard InChI is InChI=1S/C17H20Cl2N4O3.ClH/c18-13-2-1-10(5-14(13)19)17-11(8-20-3-4-26-17)9-21-15(24)6-12-7-16(25)23-22-12;/h1-2,5,11,17,20H,3-4,6-9H2,(H,21,24)(H,23,25);1H/t11-,17-;/m0./s1. The van der Waals surface area contributed by atoms with Crippen LogP contribution in [0.1, 0.15) is 24.5 Å². The summed E-state index contributed by atoms with van der Waals surface area (Å²) in [4.78, 5) is 23.3. The van der Waals surface area contributed by atoms with Gasteiger partial charge in [0.1, 0.15) is 0 Å². The van der Waals surface area contributed by atoms with E-state index >= 15 is 0 Å². The first-order chi connectivity index (χ1) is 12.5. The maximum Gasteiger partial charge on any atom is 0.245 e. The number of amides is 2. The maximum absolute atomic E-state index is 12.1. The fourth-order valence-electron chi connectivity index (χ4n) is 3.03. The van der Waals surface area contributed by atoms with Crippen molar-refractivity contribution in [3.63, 3.8) is 0 Å². The Balaban J connectivity index is 0.00000261. The van der Waals surface area contributed by atoms with Crippen LogP contribution in [-0.2, 0) is 14.3 Å². The van der Waals surface area contributed by atoms with Gasteiger partial charge in [-0.15, -0.1) is 12.4 Å².